The van der Waals surface area contributed by atoms with Crippen molar-refractivity contribution < 1.29 is 4.79 Å². The molecule has 5 nitrogen and oxygen atoms in total. The van der Waals surface area contributed by atoms with E-state index in [1.807, 2.05) is 6.20 Å². The third-order valence-electron chi connectivity index (χ3n) is 6.21. The molecule has 4 N–H and O–H groups in total. The Hall–Kier alpha value is -2.05. The first-order valence-corrected chi connectivity index (χ1v) is 10.7. The normalized spacial score (nSPS) is 26.4. The van der Waals surface area contributed by atoms with Crippen molar-refractivity contribution in [2.45, 2.75) is 37.4 Å². The van der Waals surface area contributed by atoms with Crippen LogP contribution < -0.4 is 16.2 Å². The third kappa shape index (κ3) is 3.53. The molecule has 1 aromatic heterocycles. The van der Waals surface area contributed by atoms with Crippen molar-refractivity contribution in [1.29, 1.82) is 0 Å². The Morgan fingerprint density at radius 1 is 1.03 bits per heavy atom. The van der Waals surface area contributed by atoms with Crippen molar-refractivity contribution in [3.8, 4) is 0 Å². The number of hydrogen-bond donors (Lipinski definition) is 4. The number of hydrazine groups is 1. The van der Waals surface area contributed by atoms with Gasteiger partial charge in [-0.2, -0.15) is 0 Å². The SMILES string of the molecule is O=C(NC1CCC2NNC(c3ccc4[nH]ccc4c3)C2C1)c1c(Cl)cccc1Cl. The Kier molecular flexibility index (Phi) is 5.00. The molecule has 29 heavy (non-hydrogen) atoms. The van der Waals surface area contributed by atoms with Gasteiger partial charge in [0.2, 0.25) is 0 Å². The maximum Gasteiger partial charge on any atom is 0.254 e. The second kappa shape index (κ2) is 7.65. The number of aromatic nitrogens is 1. The average molecular weight is 429 g/mol. The summed E-state index contributed by atoms with van der Waals surface area (Å²) < 4.78 is 0. The van der Waals surface area contributed by atoms with Gasteiger partial charge in [0, 0.05) is 23.8 Å². The molecule has 2 aromatic carbocycles. The first-order chi connectivity index (χ1) is 14.1. The van der Waals surface area contributed by atoms with E-state index < -0.39 is 0 Å². The van der Waals surface area contributed by atoms with Gasteiger partial charge >= 0.3 is 0 Å². The zero-order valence-corrected chi connectivity index (χ0v) is 17.2. The molecule has 0 spiro atoms. The molecule has 1 saturated carbocycles. The number of carbonyl (C=O) groups is 1. The number of halogens is 2. The average Bonchev–Trinajstić information content (AvgIpc) is 3.33. The summed E-state index contributed by atoms with van der Waals surface area (Å²) in [4.78, 5) is 16.0. The number of benzene rings is 2. The fourth-order valence-corrected chi connectivity index (χ4v) is 5.33. The monoisotopic (exact) mass is 428 g/mol. The first-order valence-electron chi connectivity index (χ1n) is 9.93. The predicted octanol–water partition coefficient (Wildman–Crippen LogP) is 4.59. The molecule has 2 heterocycles. The number of hydrogen-bond acceptors (Lipinski definition) is 3. The topological polar surface area (TPSA) is 69.0 Å². The van der Waals surface area contributed by atoms with Crippen LogP contribution in [0.3, 0.4) is 0 Å². The molecular weight excluding hydrogens is 407 g/mol. The van der Waals surface area contributed by atoms with Gasteiger partial charge in [0.25, 0.3) is 5.91 Å². The lowest BCUT2D eigenvalue weighted by molar-refractivity contribution is 0.0915. The molecule has 1 aliphatic heterocycles. The van der Waals surface area contributed by atoms with E-state index in [-0.39, 0.29) is 18.0 Å². The number of fused-ring (bicyclic) bond motifs is 2. The number of rotatable bonds is 3. The maximum absolute atomic E-state index is 12.8. The number of carbonyl (C=O) groups excluding carboxylic acids is 1. The fourth-order valence-electron chi connectivity index (χ4n) is 4.76. The van der Waals surface area contributed by atoms with Crippen molar-refractivity contribution in [2.75, 3.05) is 0 Å². The molecule has 0 bridgehead atoms. The Morgan fingerprint density at radius 3 is 2.69 bits per heavy atom. The lowest BCUT2D eigenvalue weighted by Crippen LogP contribution is -2.44. The summed E-state index contributed by atoms with van der Waals surface area (Å²) in [6, 6.07) is 14.5. The summed E-state index contributed by atoms with van der Waals surface area (Å²) in [6.07, 6.45) is 4.78. The second-order valence-corrected chi connectivity index (χ2v) is 8.76. The van der Waals surface area contributed by atoms with Crippen LogP contribution in [-0.2, 0) is 0 Å². The lowest BCUT2D eigenvalue weighted by Gasteiger charge is -2.33. The van der Waals surface area contributed by atoms with Crippen LogP contribution in [-0.4, -0.2) is 23.0 Å². The minimum absolute atomic E-state index is 0.0938. The Morgan fingerprint density at radius 2 is 1.86 bits per heavy atom. The van der Waals surface area contributed by atoms with Gasteiger partial charge in [0.05, 0.1) is 21.7 Å². The van der Waals surface area contributed by atoms with E-state index in [0.29, 0.717) is 27.6 Å². The molecule has 2 fully saturated rings. The summed E-state index contributed by atoms with van der Waals surface area (Å²) in [5.41, 5.74) is 9.70. The van der Waals surface area contributed by atoms with Gasteiger partial charge in [-0.3, -0.25) is 10.2 Å². The first kappa shape index (κ1) is 18.9. The van der Waals surface area contributed by atoms with Crippen molar-refractivity contribution in [3.63, 3.8) is 0 Å². The largest absolute Gasteiger partial charge is 0.361 e. The molecular formula is C22H22Cl2N4O. The molecule has 3 aromatic rings. The molecule has 1 saturated heterocycles. The van der Waals surface area contributed by atoms with E-state index >= 15 is 0 Å². The number of amides is 1. The predicted molar refractivity (Wildman–Crippen MR) is 116 cm³/mol. The smallest absolute Gasteiger partial charge is 0.254 e. The molecule has 4 atom stereocenters. The Bertz CT molecular complexity index is 1050. The molecule has 5 rings (SSSR count). The molecule has 4 unspecified atom stereocenters. The van der Waals surface area contributed by atoms with Gasteiger partial charge in [-0.05, 0) is 66.5 Å². The van der Waals surface area contributed by atoms with E-state index in [0.717, 1.165) is 24.8 Å². The van der Waals surface area contributed by atoms with Gasteiger partial charge < -0.3 is 10.3 Å². The second-order valence-electron chi connectivity index (χ2n) is 7.94. The highest BCUT2D eigenvalue weighted by molar-refractivity contribution is 6.39. The van der Waals surface area contributed by atoms with Crippen molar-refractivity contribution in [1.82, 2.24) is 21.2 Å². The highest BCUT2D eigenvalue weighted by Gasteiger charge is 2.41. The summed E-state index contributed by atoms with van der Waals surface area (Å²) in [7, 11) is 0. The van der Waals surface area contributed by atoms with Gasteiger partial charge in [-0.15, -0.1) is 0 Å². The molecule has 2 aliphatic rings. The quantitative estimate of drug-likeness (QED) is 0.492. The number of H-pyrrole nitrogens is 1. The van der Waals surface area contributed by atoms with Crippen molar-refractivity contribution >= 4 is 40.0 Å². The Balaban J connectivity index is 1.33. The zero-order valence-electron chi connectivity index (χ0n) is 15.7. The van der Waals surface area contributed by atoms with Crippen LogP contribution in [0.2, 0.25) is 10.0 Å². The highest BCUT2D eigenvalue weighted by atomic mass is 35.5. The maximum atomic E-state index is 12.8. The van der Waals surface area contributed by atoms with Gasteiger partial charge in [0.15, 0.2) is 0 Å². The van der Waals surface area contributed by atoms with Gasteiger partial charge in [-0.1, -0.05) is 35.3 Å². The van der Waals surface area contributed by atoms with Crippen LogP contribution >= 0.6 is 23.2 Å². The fraction of sp³-hybridized carbons (Fsp3) is 0.318. The zero-order chi connectivity index (χ0) is 20.0. The number of nitrogens with one attached hydrogen (secondary N) is 4. The summed E-state index contributed by atoms with van der Waals surface area (Å²) in [5, 5.41) is 5.13. The molecule has 7 heteroatoms. The van der Waals surface area contributed by atoms with E-state index in [4.69, 9.17) is 23.2 Å². The van der Waals surface area contributed by atoms with Crippen molar-refractivity contribution in [3.05, 3.63) is 69.8 Å². The Labute approximate surface area is 179 Å². The van der Waals surface area contributed by atoms with Gasteiger partial charge in [0.1, 0.15) is 0 Å². The third-order valence-corrected chi connectivity index (χ3v) is 6.84. The van der Waals surface area contributed by atoms with Crippen LogP contribution in [0.5, 0.6) is 0 Å². The van der Waals surface area contributed by atoms with E-state index in [2.05, 4.69) is 45.4 Å². The molecule has 1 amide bonds. The lowest BCUT2D eigenvalue weighted by atomic mass is 9.77. The summed E-state index contributed by atoms with van der Waals surface area (Å²) in [6.45, 7) is 0. The molecule has 0 radical (unpaired) electrons. The van der Waals surface area contributed by atoms with Crippen LogP contribution in [0.15, 0.2) is 48.7 Å². The van der Waals surface area contributed by atoms with Crippen LogP contribution in [0, 0.1) is 5.92 Å². The van der Waals surface area contributed by atoms with Crippen LogP contribution in [0.25, 0.3) is 10.9 Å². The van der Waals surface area contributed by atoms with E-state index in [1.165, 1.54) is 10.9 Å². The van der Waals surface area contributed by atoms with E-state index in [1.54, 1.807) is 18.2 Å². The summed E-state index contributed by atoms with van der Waals surface area (Å²) in [5.74, 6) is 0.195. The van der Waals surface area contributed by atoms with Crippen LogP contribution in [0.4, 0.5) is 0 Å². The standard InChI is InChI=1S/C22H22Cl2N4O/c23-16-2-1-3-17(24)20(16)22(29)26-14-5-7-19-15(11-14)21(28-27-19)13-4-6-18-12(10-13)8-9-25-18/h1-4,6,8-10,14-15,19,21,25,27-28H,5,7,11H2,(H,26,29). The van der Waals surface area contributed by atoms with Crippen molar-refractivity contribution in [2.24, 2.45) is 5.92 Å². The van der Waals surface area contributed by atoms with E-state index in [9.17, 15) is 4.79 Å². The summed E-state index contributed by atoms with van der Waals surface area (Å²) >= 11 is 12.4. The minimum atomic E-state index is -0.201. The molecule has 1 aliphatic carbocycles. The van der Waals surface area contributed by atoms with Crippen LogP contribution in [0.1, 0.15) is 41.2 Å². The minimum Gasteiger partial charge on any atom is -0.361 e. The highest BCUT2D eigenvalue weighted by Crippen LogP contribution is 2.39. The number of aromatic amines is 1. The molecule has 150 valence electrons. The van der Waals surface area contributed by atoms with Gasteiger partial charge in [-0.25, -0.2) is 5.43 Å².